The van der Waals surface area contributed by atoms with Gasteiger partial charge in [0.25, 0.3) is 0 Å². The van der Waals surface area contributed by atoms with Crippen molar-refractivity contribution in [3.05, 3.63) is 88.4 Å². The van der Waals surface area contributed by atoms with Crippen molar-refractivity contribution >= 4 is 17.3 Å². The molecule has 2 atom stereocenters. The summed E-state index contributed by atoms with van der Waals surface area (Å²) in [6, 6.07) is 20.9. The second-order valence-corrected chi connectivity index (χ2v) is 7.52. The van der Waals surface area contributed by atoms with Crippen LogP contribution < -0.4 is 14.8 Å². The number of nitrogens with one attached hydrogen (secondary N) is 1. The van der Waals surface area contributed by atoms with Gasteiger partial charge in [-0.25, -0.2) is 0 Å². The van der Waals surface area contributed by atoms with Crippen LogP contribution in [0.15, 0.2) is 71.7 Å². The molecule has 0 bridgehead atoms. The van der Waals surface area contributed by atoms with E-state index in [4.69, 9.17) is 26.1 Å². The van der Waals surface area contributed by atoms with Crippen LogP contribution in [-0.4, -0.2) is 25.0 Å². The van der Waals surface area contributed by atoms with Crippen LogP contribution in [0.1, 0.15) is 35.3 Å². The maximum atomic E-state index is 10.7. The predicted molar refractivity (Wildman–Crippen MR) is 119 cm³/mol. The van der Waals surface area contributed by atoms with E-state index in [-0.39, 0.29) is 18.0 Å². The van der Waals surface area contributed by atoms with Crippen molar-refractivity contribution in [2.45, 2.75) is 18.6 Å². The number of halogens is 1. The van der Waals surface area contributed by atoms with Gasteiger partial charge < -0.3 is 14.6 Å². The molecule has 0 aromatic heterocycles. The average molecular weight is 423 g/mol. The Morgan fingerprint density at radius 3 is 2.37 bits per heavy atom. The van der Waals surface area contributed by atoms with Gasteiger partial charge in [0.15, 0.2) is 11.5 Å². The molecule has 1 aliphatic heterocycles. The van der Waals surface area contributed by atoms with Crippen molar-refractivity contribution in [2.75, 3.05) is 14.2 Å². The number of ether oxygens (including phenoxy) is 2. The Morgan fingerprint density at radius 1 is 0.967 bits per heavy atom. The molecule has 2 N–H and O–H groups in total. The van der Waals surface area contributed by atoms with E-state index in [1.807, 2.05) is 60.7 Å². The quantitative estimate of drug-likeness (QED) is 0.586. The highest BCUT2D eigenvalue weighted by Gasteiger charge is 2.28. The highest BCUT2D eigenvalue weighted by molar-refractivity contribution is 6.30. The fourth-order valence-corrected chi connectivity index (χ4v) is 3.79. The largest absolute Gasteiger partial charge is 0.504 e. The number of methoxy groups -OCH3 is 2. The minimum absolute atomic E-state index is 0.142. The van der Waals surface area contributed by atoms with Gasteiger partial charge in [-0.1, -0.05) is 35.9 Å². The predicted octanol–water partition coefficient (Wildman–Crippen LogP) is 5.29. The lowest BCUT2D eigenvalue weighted by atomic mass is 9.93. The minimum atomic E-state index is -0.274. The van der Waals surface area contributed by atoms with E-state index in [1.54, 1.807) is 20.3 Å². The molecule has 1 aliphatic rings. The molecule has 0 saturated carbocycles. The summed E-state index contributed by atoms with van der Waals surface area (Å²) in [4.78, 5) is 4.96. The molecule has 3 aromatic rings. The fourth-order valence-electron chi connectivity index (χ4n) is 3.67. The van der Waals surface area contributed by atoms with Crippen molar-refractivity contribution in [2.24, 2.45) is 4.99 Å². The summed E-state index contributed by atoms with van der Waals surface area (Å²) in [7, 11) is 3.20. The first-order valence-corrected chi connectivity index (χ1v) is 10.1. The number of hydrogen-bond acceptors (Lipinski definition) is 5. The second kappa shape index (κ2) is 8.78. The van der Waals surface area contributed by atoms with Crippen molar-refractivity contribution in [3.63, 3.8) is 0 Å². The van der Waals surface area contributed by atoms with Gasteiger partial charge in [-0.05, 0) is 53.6 Å². The van der Waals surface area contributed by atoms with Gasteiger partial charge in [-0.2, -0.15) is 0 Å². The van der Waals surface area contributed by atoms with E-state index < -0.39 is 0 Å². The third kappa shape index (κ3) is 4.13. The lowest BCUT2D eigenvalue weighted by molar-refractivity contribution is 0.360. The standard InChI is InChI=1S/C24H23ClN2O3/c1-29-18-12-8-15(9-13-18)20-14-21(19-4-3-5-22(30-2)23(19)28)27-24(26-20)16-6-10-17(25)11-7-16/h3-13,21,24,27-28H,14H2,1-2H3/t21-,24+/m1/s1. The Morgan fingerprint density at radius 2 is 1.70 bits per heavy atom. The van der Waals surface area contributed by atoms with E-state index in [9.17, 15) is 5.11 Å². The van der Waals surface area contributed by atoms with Gasteiger partial charge in [-0.15, -0.1) is 0 Å². The van der Waals surface area contributed by atoms with Crippen LogP contribution in [-0.2, 0) is 0 Å². The van der Waals surface area contributed by atoms with E-state index in [0.29, 0.717) is 17.2 Å². The third-order valence-corrected chi connectivity index (χ3v) is 5.53. The molecule has 3 aromatic carbocycles. The fraction of sp³-hybridized carbons (Fsp3) is 0.208. The SMILES string of the molecule is COc1ccc(C2=N[C@H](c3ccc(Cl)cc3)N[C@@H](c3cccc(OC)c3O)C2)cc1. The zero-order valence-corrected chi connectivity index (χ0v) is 17.6. The summed E-state index contributed by atoms with van der Waals surface area (Å²) in [5, 5.41) is 14.9. The summed E-state index contributed by atoms with van der Waals surface area (Å²) in [6.07, 6.45) is 0.348. The molecular formula is C24H23ClN2O3. The Bertz CT molecular complexity index is 1050. The molecule has 0 saturated heterocycles. The summed E-state index contributed by atoms with van der Waals surface area (Å²) < 4.78 is 10.6. The van der Waals surface area contributed by atoms with Crippen LogP contribution in [0.2, 0.25) is 5.02 Å². The van der Waals surface area contributed by atoms with Gasteiger partial charge in [-0.3, -0.25) is 10.3 Å². The van der Waals surface area contributed by atoms with Crippen LogP contribution in [0, 0.1) is 0 Å². The van der Waals surface area contributed by atoms with Gasteiger partial charge in [0.1, 0.15) is 11.9 Å². The Kier molecular flexibility index (Phi) is 5.93. The van der Waals surface area contributed by atoms with Crippen LogP contribution in [0.25, 0.3) is 0 Å². The molecule has 0 spiro atoms. The lowest BCUT2D eigenvalue weighted by Crippen LogP contribution is -2.33. The summed E-state index contributed by atoms with van der Waals surface area (Å²) in [5.41, 5.74) is 3.74. The number of nitrogens with zero attached hydrogens (tertiary/aromatic N) is 1. The molecule has 154 valence electrons. The van der Waals surface area contributed by atoms with Crippen LogP contribution in [0.4, 0.5) is 0 Å². The molecule has 0 fully saturated rings. The smallest absolute Gasteiger partial charge is 0.162 e. The van der Waals surface area contributed by atoms with Crippen molar-refractivity contribution in [1.29, 1.82) is 0 Å². The zero-order valence-electron chi connectivity index (χ0n) is 16.8. The van der Waals surface area contributed by atoms with E-state index in [0.717, 1.165) is 28.2 Å². The second-order valence-electron chi connectivity index (χ2n) is 7.08. The van der Waals surface area contributed by atoms with Crippen LogP contribution in [0.5, 0.6) is 17.2 Å². The molecular weight excluding hydrogens is 400 g/mol. The van der Waals surface area contributed by atoms with Crippen molar-refractivity contribution in [1.82, 2.24) is 5.32 Å². The summed E-state index contributed by atoms with van der Waals surface area (Å²) >= 11 is 6.07. The normalized spacial score (nSPS) is 18.6. The number of rotatable bonds is 5. The van der Waals surface area contributed by atoms with Crippen LogP contribution >= 0.6 is 11.6 Å². The Hall–Kier alpha value is -3.02. The number of phenols is 1. The highest BCUT2D eigenvalue weighted by Crippen LogP contribution is 2.38. The number of phenolic OH excluding ortho intramolecular Hbond substituents is 1. The summed E-state index contributed by atoms with van der Waals surface area (Å²) in [5.74, 6) is 1.39. The highest BCUT2D eigenvalue weighted by atomic mass is 35.5. The molecule has 1 heterocycles. The summed E-state index contributed by atoms with van der Waals surface area (Å²) in [6.45, 7) is 0. The molecule has 4 rings (SSSR count). The van der Waals surface area contributed by atoms with E-state index in [1.165, 1.54) is 0 Å². The minimum Gasteiger partial charge on any atom is -0.504 e. The van der Waals surface area contributed by atoms with E-state index >= 15 is 0 Å². The first-order valence-electron chi connectivity index (χ1n) is 9.67. The zero-order chi connectivity index (χ0) is 21.1. The molecule has 6 heteroatoms. The molecule has 0 unspecified atom stereocenters. The van der Waals surface area contributed by atoms with Crippen molar-refractivity contribution in [3.8, 4) is 17.2 Å². The Labute approximate surface area is 180 Å². The average Bonchev–Trinajstić information content (AvgIpc) is 2.79. The molecule has 30 heavy (non-hydrogen) atoms. The van der Waals surface area contributed by atoms with E-state index in [2.05, 4.69) is 5.32 Å². The molecule has 0 amide bonds. The van der Waals surface area contributed by atoms with Crippen molar-refractivity contribution < 1.29 is 14.6 Å². The maximum Gasteiger partial charge on any atom is 0.162 e. The number of aliphatic imine (C=N–C) groups is 1. The number of aromatic hydroxyl groups is 1. The number of benzene rings is 3. The topological polar surface area (TPSA) is 63.1 Å². The van der Waals surface area contributed by atoms with Gasteiger partial charge in [0, 0.05) is 28.8 Å². The third-order valence-electron chi connectivity index (χ3n) is 5.28. The van der Waals surface area contributed by atoms with Gasteiger partial charge in [0.05, 0.1) is 14.2 Å². The molecule has 0 aliphatic carbocycles. The lowest BCUT2D eigenvalue weighted by Gasteiger charge is -2.31. The van der Waals surface area contributed by atoms with Crippen LogP contribution in [0.3, 0.4) is 0 Å². The number of para-hydroxylation sites is 1. The van der Waals surface area contributed by atoms with Gasteiger partial charge >= 0.3 is 0 Å². The Balaban J connectivity index is 1.75. The molecule has 0 radical (unpaired) electrons. The molecule has 5 nitrogen and oxygen atoms in total. The number of hydrogen-bond donors (Lipinski definition) is 2. The monoisotopic (exact) mass is 422 g/mol. The first-order chi connectivity index (χ1) is 14.6. The first kappa shape index (κ1) is 20.3. The van der Waals surface area contributed by atoms with Gasteiger partial charge in [0.2, 0.25) is 0 Å². The maximum absolute atomic E-state index is 10.7.